The molecule has 0 amide bonds. The van der Waals surface area contributed by atoms with Gasteiger partial charge >= 0.3 is 0 Å². The monoisotopic (exact) mass is 255 g/mol. The largest absolute Gasteiger partial charge is 0.395 e. The summed E-state index contributed by atoms with van der Waals surface area (Å²) in [5.74, 6) is 0.0523. The van der Waals surface area contributed by atoms with E-state index >= 15 is 0 Å². The normalized spacial score (nSPS) is 14.8. The van der Waals surface area contributed by atoms with E-state index in [0.29, 0.717) is 5.92 Å². The van der Waals surface area contributed by atoms with Crippen LogP contribution in [-0.2, 0) is 0 Å². The van der Waals surface area contributed by atoms with Crippen molar-refractivity contribution in [2.75, 3.05) is 13.2 Å². The lowest BCUT2D eigenvalue weighted by Crippen LogP contribution is -2.36. The van der Waals surface area contributed by atoms with Gasteiger partial charge in [-0.05, 0) is 18.4 Å². The first-order chi connectivity index (χ1) is 8.54. The Morgan fingerprint density at radius 3 is 2.50 bits per heavy atom. The lowest BCUT2D eigenvalue weighted by molar-refractivity contribution is 0.150. The van der Waals surface area contributed by atoms with E-state index in [9.17, 15) is 14.6 Å². The van der Waals surface area contributed by atoms with Crippen molar-refractivity contribution >= 4 is 0 Å². The molecule has 2 atom stereocenters. The van der Waals surface area contributed by atoms with Crippen LogP contribution < -0.4 is 5.32 Å². The molecular weight excluding hydrogens is 233 g/mol. The number of hydrogen-bond acceptors (Lipinski definition) is 3. The first kappa shape index (κ1) is 15.1. The Bertz CT molecular complexity index is 357. The fourth-order valence-corrected chi connectivity index (χ4v) is 1.93. The van der Waals surface area contributed by atoms with Crippen molar-refractivity contribution in [2.24, 2.45) is 5.92 Å². The Labute approximate surface area is 108 Å². The summed E-state index contributed by atoms with van der Waals surface area (Å²) in [6.45, 7) is 4.39. The second-order valence-corrected chi connectivity index (χ2v) is 4.95. The highest BCUT2D eigenvalue weighted by molar-refractivity contribution is 5.19. The Balaban J connectivity index is 2.50. The number of rotatable bonds is 7. The van der Waals surface area contributed by atoms with Crippen molar-refractivity contribution in [1.29, 1.82) is 0 Å². The summed E-state index contributed by atoms with van der Waals surface area (Å²) in [6.07, 6.45) is -0.0760. The molecule has 0 aliphatic carbocycles. The lowest BCUT2D eigenvalue weighted by atomic mass is 10.0. The Morgan fingerprint density at radius 2 is 1.94 bits per heavy atom. The van der Waals surface area contributed by atoms with Crippen LogP contribution in [0.3, 0.4) is 0 Å². The average molecular weight is 255 g/mol. The third-order valence-electron chi connectivity index (χ3n) is 2.84. The fourth-order valence-electron chi connectivity index (χ4n) is 1.93. The van der Waals surface area contributed by atoms with Crippen LogP contribution in [0.5, 0.6) is 0 Å². The molecule has 4 heteroatoms. The summed E-state index contributed by atoms with van der Waals surface area (Å²) in [6, 6.07) is 6.12. The fraction of sp³-hybridized carbons (Fsp3) is 0.571. The molecule has 1 aromatic rings. The van der Waals surface area contributed by atoms with Crippen molar-refractivity contribution in [3.63, 3.8) is 0 Å². The summed E-state index contributed by atoms with van der Waals surface area (Å²) < 4.78 is 13.4. The lowest BCUT2D eigenvalue weighted by Gasteiger charge is -2.20. The molecule has 2 unspecified atom stereocenters. The summed E-state index contributed by atoms with van der Waals surface area (Å²) in [7, 11) is 0. The zero-order valence-electron chi connectivity index (χ0n) is 10.9. The van der Waals surface area contributed by atoms with E-state index in [4.69, 9.17) is 0 Å². The predicted molar refractivity (Wildman–Crippen MR) is 69.7 cm³/mol. The quantitative estimate of drug-likeness (QED) is 0.697. The van der Waals surface area contributed by atoms with Crippen LogP contribution in [0, 0.1) is 11.7 Å². The maximum Gasteiger partial charge on any atom is 0.129 e. The minimum absolute atomic E-state index is 0.0160. The van der Waals surface area contributed by atoms with Crippen molar-refractivity contribution in [3.8, 4) is 0 Å². The number of halogens is 1. The highest BCUT2D eigenvalue weighted by Crippen LogP contribution is 2.16. The highest BCUT2D eigenvalue weighted by atomic mass is 19.1. The van der Waals surface area contributed by atoms with Gasteiger partial charge in [0.15, 0.2) is 0 Å². The third kappa shape index (κ3) is 4.72. The molecule has 0 heterocycles. The van der Waals surface area contributed by atoms with Gasteiger partial charge in [0.25, 0.3) is 0 Å². The second kappa shape index (κ2) is 7.46. The Kier molecular flexibility index (Phi) is 6.25. The molecule has 0 fully saturated rings. The number of hydrogen-bond donors (Lipinski definition) is 3. The molecule has 0 aliphatic rings. The SMILES string of the molecule is CC(C)CC(CO)NCC(O)c1ccccc1F. The summed E-state index contributed by atoms with van der Waals surface area (Å²) in [5.41, 5.74) is 0.284. The minimum atomic E-state index is -0.896. The number of aliphatic hydroxyl groups excluding tert-OH is 2. The molecule has 0 aliphatic heterocycles. The topological polar surface area (TPSA) is 52.5 Å². The van der Waals surface area contributed by atoms with Gasteiger partial charge in [-0.2, -0.15) is 0 Å². The van der Waals surface area contributed by atoms with Crippen LogP contribution in [0.25, 0.3) is 0 Å². The van der Waals surface area contributed by atoms with E-state index in [1.165, 1.54) is 6.07 Å². The standard InChI is InChI=1S/C14H22FNO2/c1-10(2)7-11(9-17)16-8-14(18)12-5-3-4-6-13(12)15/h3-6,10-11,14,16-18H,7-9H2,1-2H3. The van der Waals surface area contributed by atoms with Gasteiger partial charge in [0.1, 0.15) is 5.82 Å². The molecule has 18 heavy (non-hydrogen) atoms. The molecule has 0 radical (unpaired) electrons. The summed E-state index contributed by atoms with van der Waals surface area (Å²) in [5, 5.41) is 22.2. The van der Waals surface area contributed by atoms with Gasteiger partial charge in [0.2, 0.25) is 0 Å². The molecule has 0 bridgehead atoms. The number of aliphatic hydroxyl groups is 2. The van der Waals surface area contributed by atoms with Crippen LogP contribution in [-0.4, -0.2) is 29.4 Å². The molecule has 0 saturated heterocycles. The van der Waals surface area contributed by atoms with Crippen molar-refractivity contribution in [2.45, 2.75) is 32.4 Å². The van der Waals surface area contributed by atoms with Crippen LogP contribution in [0.1, 0.15) is 31.9 Å². The molecule has 0 spiro atoms. The smallest absolute Gasteiger partial charge is 0.129 e. The van der Waals surface area contributed by atoms with E-state index in [1.54, 1.807) is 18.2 Å². The maximum atomic E-state index is 13.4. The van der Waals surface area contributed by atoms with E-state index in [0.717, 1.165) is 6.42 Å². The molecule has 1 rings (SSSR count). The minimum Gasteiger partial charge on any atom is -0.395 e. The zero-order chi connectivity index (χ0) is 13.5. The van der Waals surface area contributed by atoms with E-state index in [1.807, 2.05) is 0 Å². The van der Waals surface area contributed by atoms with Gasteiger partial charge in [-0.1, -0.05) is 32.0 Å². The van der Waals surface area contributed by atoms with Gasteiger partial charge in [-0.15, -0.1) is 0 Å². The summed E-state index contributed by atoms with van der Waals surface area (Å²) >= 11 is 0. The molecule has 0 saturated carbocycles. The number of benzene rings is 1. The van der Waals surface area contributed by atoms with E-state index in [-0.39, 0.29) is 24.8 Å². The van der Waals surface area contributed by atoms with E-state index < -0.39 is 11.9 Å². The molecule has 3 nitrogen and oxygen atoms in total. The van der Waals surface area contributed by atoms with Crippen LogP contribution in [0.15, 0.2) is 24.3 Å². The van der Waals surface area contributed by atoms with E-state index in [2.05, 4.69) is 19.2 Å². The van der Waals surface area contributed by atoms with Crippen molar-refractivity contribution < 1.29 is 14.6 Å². The van der Waals surface area contributed by atoms with Gasteiger partial charge in [-0.25, -0.2) is 4.39 Å². The average Bonchev–Trinajstić information content (AvgIpc) is 2.34. The summed E-state index contributed by atoms with van der Waals surface area (Å²) in [4.78, 5) is 0. The molecule has 102 valence electrons. The Hall–Kier alpha value is -0.970. The van der Waals surface area contributed by atoms with Gasteiger partial charge in [0, 0.05) is 18.2 Å². The first-order valence-corrected chi connectivity index (χ1v) is 6.31. The van der Waals surface area contributed by atoms with Crippen LogP contribution in [0.4, 0.5) is 4.39 Å². The maximum absolute atomic E-state index is 13.4. The molecule has 3 N–H and O–H groups in total. The van der Waals surface area contributed by atoms with Gasteiger partial charge < -0.3 is 15.5 Å². The van der Waals surface area contributed by atoms with Gasteiger partial charge in [-0.3, -0.25) is 0 Å². The van der Waals surface area contributed by atoms with Crippen molar-refractivity contribution in [1.82, 2.24) is 5.32 Å². The molecule has 1 aromatic carbocycles. The van der Waals surface area contributed by atoms with Crippen LogP contribution in [0.2, 0.25) is 0 Å². The van der Waals surface area contributed by atoms with Crippen LogP contribution >= 0.6 is 0 Å². The Morgan fingerprint density at radius 1 is 1.28 bits per heavy atom. The number of nitrogens with one attached hydrogen (secondary N) is 1. The molecular formula is C14H22FNO2. The molecule has 0 aromatic heterocycles. The van der Waals surface area contributed by atoms with Crippen molar-refractivity contribution in [3.05, 3.63) is 35.6 Å². The first-order valence-electron chi connectivity index (χ1n) is 6.31. The zero-order valence-corrected chi connectivity index (χ0v) is 10.9. The highest BCUT2D eigenvalue weighted by Gasteiger charge is 2.15. The van der Waals surface area contributed by atoms with Gasteiger partial charge in [0.05, 0.1) is 12.7 Å². The third-order valence-corrected chi connectivity index (χ3v) is 2.84. The predicted octanol–water partition coefficient (Wildman–Crippen LogP) is 1.86. The second-order valence-electron chi connectivity index (χ2n) is 4.95.